The van der Waals surface area contributed by atoms with Crippen molar-refractivity contribution in [1.82, 2.24) is 0 Å². The van der Waals surface area contributed by atoms with Gasteiger partial charge in [-0.2, -0.15) is 0 Å². The molecule has 0 atom stereocenters. The van der Waals surface area contributed by atoms with Crippen LogP contribution >= 0.6 is 0 Å². The molecule has 0 spiro atoms. The first kappa shape index (κ1) is 15.5. The maximum atomic E-state index is 11.4. The molecule has 0 radical (unpaired) electrons. The van der Waals surface area contributed by atoms with Gasteiger partial charge in [0.05, 0.1) is 6.61 Å². The van der Waals surface area contributed by atoms with E-state index in [0.717, 1.165) is 36.3 Å². The summed E-state index contributed by atoms with van der Waals surface area (Å²) in [6.07, 6.45) is 7.34. The van der Waals surface area contributed by atoms with Crippen molar-refractivity contribution in [3.63, 3.8) is 0 Å². The summed E-state index contributed by atoms with van der Waals surface area (Å²) in [5, 5.41) is 0. The minimum atomic E-state index is 0.0832. The summed E-state index contributed by atoms with van der Waals surface area (Å²) in [7, 11) is 0. The number of carbonyl (C=O) groups is 1. The van der Waals surface area contributed by atoms with Crippen LogP contribution in [0.25, 0.3) is 0 Å². The van der Waals surface area contributed by atoms with E-state index in [4.69, 9.17) is 4.74 Å². The molecule has 0 N–H and O–H groups in total. The highest BCUT2D eigenvalue weighted by molar-refractivity contribution is 5.94. The number of unbranched alkanes of at least 4 members (excludes halogenated alkanes) is 3. The third-order valence-electron chi connectivity index (χ3n) is 3.09. The van der Waals surface area contributed by atoms with Crippen molar-refractivity contribution in [2.75, 3.05) is 6.61 Å². The summed E-state index contributed by atoms with van der Waals surface area (Å²) in [5.74, 6) is 0.959. The van der Waals surface area contributed by atoms with Gasteiger partial charge in [-0.05, 0) is 43.5 Å². The number of ketones is 1. The molecule has 0 saturated carbocycles. The van der Waals surface area contributed by atoms with Gasteiger partial charge in [-0.15, -0.1) is 6.58 Å². The number of allylic oxidation sites excluding steroid dienone is 1. The number of ether oxygens (including phenoxy) is 1. The van der Waals surface area contributed by atoms with E-state index in [2.05, 4.69) is 13.5 Å². The van der Waals surface area contributed by atoms with Crippen LogP contribution in [-0.2, 0) is 6.42 Å². The van der Waals surface area contributed by atoms with E-state index in [0.29, 0.717) is 0 Å². The molecule has 2 heteroatoms. The molecule has 0 fully saturated rings. The van der Waals surface area contributed by atoms with Crippen LogP contribution < -0.4 is 4.74 Å². The molecule has 0 heterocycles. The third-order valence-corrected chi connectivity index (χ3v) is 3.09. The standard InChI is InChI=1S/C17H24O2/c1-4-6-7-8-12-19-17-11-10-15(14(3)18)13-16(17)9-5-2/h5,10-11,13H,2,4,6-9,12H2,1,3H3. The highest BCUT2D eigenvalue weighted by Crippen LogP contribution is 2.22. The third kappa shape index (κ3) is 5.29. The van der Waals surface area contributed by atoms with Gasteiger partial charge in [-0.3, -0.25) is 4.79 Å². The lowest BCUT2D eigenvalue weighted by Gasteiger charge is -2.11. The lowest BCUT2D eigenvalue weighted by molar-refractivity contribution is 0.101. The van der Waals surface area contributed by atoms with Gasteiger partial charge >= 0.3 is 0 Å². The average molecular weight is 260 g/mol. The van der Waals surface area contributed by atoms with Crippen LogP contribution in [0.3, 0.4) is 0 Å². The van der Waals surface area contributed by atoms with Crippen molar-refractivity contribution in [3.05, 3.63) is 42.0 Å². The van der Waals surface area contributed by atoms with Gasteiger partial charge in [0, 0.05) is 5.56 Å². The smallest absolute Gasteiger partial charge is 0.159 e. The molecule has 1 aromatic carbocycles. The zero-order valence-electron chi connectivity index (χ0n) is 12.1. The number of rotatable bonds is 9. The van der Waals surface area contributed by atoms with Crippen LogP contribution in [0.4, 0.5) is 0 Å². The van der Waals surface area contributed by atoms with Crippen LogP contribution in [0.5, 0.6) is 5.75 Å². The van der Waals surface area contributed by atoms with E-state index < -0.39 is 0 Å². The predicted octanol–water partition coefficient (Wildman–Crippen LogP) is 4.58. The average Bonchev–Trinajstić information content (AvgIpc) is 2.40. The fourth-order valence-electron chi connectivity index (χ4n) is 1.97. The highest BCUT2D eigenvalue weighted by Gasteiger charge is 2.06. The summed E-state index contributed by atoms with van der Waals surface area (Å²) in [4.78, 5) is 11.4. The van der Waals surface area contributed by atoms with Gasteiger partial charge in [0.2, 0.25) is 0 Å². The summed E-state index contributed by atoms with van der Waals surface area (Å²) in [5.41, 5.74) is 1.77. The number of hydrogen-bond donors (Lipinski definition) is 0. The molecule has 0 saturated heterocycles. The van der Waals surface area contributed by atoms with E-state index in [1.807, 2.05) is 24.3 Å². The van der Waals surface area contributed by atoms with Gasteiger partial charge < -0.3 is 4.74 Å². The van der Waals surface area contributed by atoms with Crippen molar-refractivity contribution in [3.8, 4) is 5.75 Å². The Kier molecular flexibility index (Phi) is 6.94. The summed E-state index contributed by atoms with van der Waals surface area (Å²) >= 11 is 0. The van der Waals surface area contributed by atoms with E-state index >= 15 is 0 Å². The molecular formula is C17H24O2. The molecule has 2 nitrogen and oxygen atoms in total. The fraction of sp³-hybridized carbons (Fsp3) is 0.471. The Morgan fingerprint density at radius 3 is 2.74 bits per heavy atom. The lowest BCUT2D eigenvalue weighted by Crippen LogP contribution is -2.02. The first-order valence-corrected chi connectivity index (χ1v) is 7.06. The fourth-order valence-corrected chi connectivity index (χ4v) is 1.97. The monoisotopic (exact) mass is 260 g/mol. The van der Waals surface area contributed by atoms with Crippen LogP contribution in [0.1, 0.15) is 55.5 Å². The van der Waals surface area contributed by atoms with E-state index in [9.17, 15) is 4.79 Å². The maximum absolute atomic E-state index is 11.4. The number of hydrogen-bond acceptors (Lipinski definition) is 2. The summed E-state index contributed by atoms with van der Waals surface area (Å²) < 4.78 is 5.81. The molecule has 19 heavy (non-hydrogen) atoms. The zero-order valence-corrected chi connectivity index (χ0v) is 12.1. The largest absolute Gasteiger partial charge is 0.493 e. The Morgan fingerprint density at radius 2 is 2.11 bits per heavy atom. The predicted molar refractivity (Wildman–Crippen MR) is 80.0 cm³/mol. The molecule has 1 aromatic rings. The number of benzene rings is 1. The molecule has 0 aliphatic rings. The molecule has 0 aromatic heterocycles. The molecular weight excluding hydrogens is 236 g/mol. The second kappa shape index (κ2) is 8.52. The number of carbonyl (C=O) groups excluding carboxylic acids is 1. The van der Waals surface area contributed by atoms with Crippen molar-refractivity contribution >= 4 is 5.78 Å². The topological polar surface area (TPSA) is 26.3 Å². The first-order chi connectivity index (χ1) is 9.19. The van der Waals surface area contributed by atoms with Crippen LogP contribution in [0.2, 0.25) is 0 Å². The van der Waals surface area contributed by atoms with Gasteiger partial charge in [-0.1, -0.05) is 32.3 Å². The van der Waals surface area contributed by atoms with Gasteiger partial charge in [0.25, 0.3) is 0 Å². The molecule has 0 aliphatic heterocycles. The molecule has 104 valence electrons. The van der Waals surface area contributed by atoms with Crippen LogP contribution in [0, 0.1) is 0 Å². The van der Waals surface area contributed by atoms with Crippen LogP contribution in [-0.4, -0.2) is 12.4 Å². The van der Waals surface area contributed by atoms with E-state index in [1.54, 1.807) is 6.92 Å². The van der Waals surface area contributed by atoms with Gasteiger partial charge in [-0.25, -0.2) is 0 Å². The molecule has 0 aliphatic carbocycles. The summed E-state index contributed by atoms with van der Waals surface area (Å²) in [6, 6.07) is 5.64. The quantitative estimate of drug-likeness (QED) is 0.369. The Hall–Kier alpha value is -1.57. The van der Waals surface area contributed by atoms with Crippen LogP contribution in [0.15, 0.2) is 30.9 Å². The second-order valence-corrected chi connectivity index (χ2v) is 4.78. The van der Waals surface area contributed by atoms with E-state index in [-0.39, 0.29) is 5.78 Å². The van der Waals surface area contributed by atoms with Gasteiger partial charge in [0.15, 0.2) is 5.78 Å². The molecule has 0 unspecified atom stereocenters. The minimum absolute atomic E-state index is 0.0832. The Bertz CT molecular complexity index is 421. The van der Waals surface area contributed by atoms with E-state index in [1.165, 1.54) is 19.3 Å². The highest BCUT2D eigenvalue weighted by atomic mass is 16.5. The zero-order chi connectivity index (χ0) is 14.1. The van der Waals surface area contributed by atoms with Gasteiger partial charge in [0.1, 0.15) is 5.75 Å². The SMILES string of the molecule is C=CCc1cc(C(C)=O)ccc1OCCCCCC. The van der Waals surface area contributed by atoms with Crippen molar-refractivity contribution in [1.29, 1.82) is 0 Å². The second-order valence-electron chi connectivity index (χ2n) is 4.78. The number of Topliss-reactive ketones (excluding diaryl/α,β-unsaturated/α-hetero) is 1. The lowest BCUT2D eigenvalue weighted by atomic mass is 10.0. The first-order valence-electron chi connectivity index (χ1n) is 7.06. The van der Waals surface area contributed by atoms with Crippen molar-refractivity contribution in [2.45, 2.75) is 46.0 Å². The Balaban J connectivity index is 2.65. The Labute approximate surface area is 116 Å². The molecule has 0 bridgehead atoms. The van der Waals surface area contributed by atoms with Crippen molar-refractivity contribution < 1.29 is 9.53 Å². The maximum Gasteiger partial charge on any atom is 0.159 e. The molecule has 1 rings (SSSR count). The normalized spacial score (nSPS) is 10.2. The molecule has 0 amide bonds. The summed E-state index contributed by atoms with van der Waals surface area (Å²) in [6.45, 7) is 8.27. The Morgan fingerprint density at radius 1 is 1.32 bits per heavy atom. The van der Waals surface area contributed by atoms with Crippen molar-refractivity contribution in [2.24, 2.45) is 0 Å². The minimum Gasteiger partial charge on any atom is -0.493 e.